The van der Waals surface area contributed by atoms with Gasteiger partial charge in [0.25, 0.3) is 0 Å². The van der Waals surface area contributed by atoms with Crippen molar-refractivity contribution in [3.8, 4) is 22.9 Å². The average molecular weight is 533 g/mol. The molecule has 0 spiro atoms. The number of benzene rings is 1. The van der Waals surface area contributed by atoms with Crippen molar-refractivity contribution in [2.45, 2.75) is 51.5 Å². The number of methoxy groups -OCH3 is 3. The molecule has 0 unspecified atom stereocenters. The van der Waals surface area contributed by atoms with Gasteiger partial charge < -0.3 is 29.0 Å². The molecule has 2 fully saturated rings. The second kappa shape index (κ2) is 11.0. The summed E-state index contributed by atoms with van der Waals surface area (Å²) in [6, 6.07) is 3.77. The molecule has 39 heavy (non-hydrogen) atoms. The minimum Gasteiger partial charge on any atom is -0.493 e. The van der Waals surface area contributed by atoms with Crippen LogP contribution in [0, 0.1) is 5.92 Å². The molecule has 4 heterocycles. The molecular weight excluding hydrogens is 496 g/mol. The zero-order valence-electron chi connectivity index (χ0n) is 22.9. The van der Waals surface area contributed by atoms with E-state index in [9.17, 15) is 0 Å². The van der Waals surface area contributed by atoms with Gasteiger partial charge in [0, 0.05) is 31.8 Å². The smallest absolute Gasteiger partial charge is 0.229 e. The summed E-state index contributed by atoms with van der Waals surface area (Å²) in [5, 5.41) is 9.10. The fourth-order valence-electron chi connectivity index (χ4n) is 5.71. The average Bonchev–Trinajstić information content (AvgIpc) is 3.75. The predicted molar refractivity (Wildman–Crippen MR) is 150 cm³/mol. The van der Waals surface area contributed by atoms with E-state index in [0.717, 1.165) is 55.1 Å². The van der Waals surface area contributed by atoms with E-state index in [0.29, 0.717) is 34.8 Å². The summed E-state index contributed by atoms with van der Waals surface area (Å²) in [7, 11) is 4.80. The molecule has 11 nitrogen and oxygen atoms in total. The van der Waals surface area contributed by atoms with Crippen LogP contribution in [0.15, 0.2) is 30.9 Å². The minimum absolute atomic E-state index is 0.547. The van der Waals surface area contributed by atoms with Gasteiger partial charge in [-0.05, 0) is 31.6 Å². The van der Waals surface area contributed by atoms with Crippen molar-refractivity contribution in [3.63, 3.8) is 0 Å². The largest absolute Gasteiger partial charge is 0.493 e. The third-order valence-corrected chi connectivity index (χ3v) is 7.81. The molecule has 1 saturated carbocycles. The number of fused-ring (bicyclic) bond motifs is 1. The number of hydrogen-bond donors (Lipinski definition) is 1. The topological polar surface area (TPSA) is 104 Å². The lowest BCUT2D eigenvalue weighted by molar-refractivity contribution is 0.311. The van der Waals surface area contributed by atoms with Crippen molar-refractivity contribution < 1.29 is 14.2 Å². The standard InChI is InChI=1S/C28H36N8O3/c1-37-22-13-20(14-23(38-2)25(22)39-3)35-17-24(29-18-35)31-26-21-15-30-36(16-19-9-5-4-6-10-19)27(21)33-28(32-26)34-11-7-8-12-34/h13-15,17-19H,4-12,16H2,1-3H3,(H,31,32,33). The molecule has 0 bridgehead atoms. The zero-order valence-corrected chi connectivity index (χ0v) is 22.9. The van der Waals surface area contributed by atoms with Gasteiger partial charge in [-0.3, -0.25) is 0 Å². The molecule has 1 aromatic carbocycles. The van der Waals surface area contributed by atoms with Gasteiger partial charge in [-0.2, -0.15) is 15.1 Å². The molecule has 0 radical (unpaired) electrons. The second-order valence-corrected chi connectivity index (χ2v) is 10.3. The Kier molecular flexibility index (Phi) is 7.12. The van der Waals surface area contributed by atoms with Gasteiger partial charge in [0.1, 0.15) is 18.0 Å². The van der Waals surface area contributed by atoms with Crippen molar-refractivity contribution in [3.05, 3.63) is 30.9 Å². The maximum Gasteiger partial charge on any atom is 0.229 e. The lowest BCUT2D eigenvalue weighted by atomic mass is 9.89. The Morgan fingerprint density at radius 1 is 0.923 bits per heavy atom. The van der Waals surface area contributed by atoms with Crippen molar-refractivity contribution in [2.75, 3.05) is 44.6 Å². The normalized spacial score (nSPS) is 16.1. The number of nitrogens with one attached hydrogen (secondary N) is 1. The summed E-state index contributed by atoms with van der Waals surface area (Å²) in [4.78, 5) is 16.8. The van der Waals surface area contributed by atoms with Crippen LogP contribution in [0.4, 0.5) is 17.6 Å². The van der Waals surface area contributed by atoms with E-state index in [1.165, 1.54) is 32.1 Å². The molecule has 11 heteroatoms. The highest BCUT2D eigenvalue weighted by Gasteiger charge is 2.22. The van der Waals surface area contributed by atoms with E-state index < -0.39 is 0 Å². The summed E-state index contributed by atoms with van der Waals surface area (Å²) in [6.45, 7) is 2.84. The van der Waals surface area contributed by atoms with Gasteiger partial charge in [-0.15, -0.1) is 0 Å². The van der Waals surface area contributed by atoms with E-state index in [-0.39, 0.29) is 0 Å². The molecule has 1 aliphatic carbocycles. The van der Waals surface area contributed by atoms with Crippen LogP contribution >= 0.6 is 0 Å². The van der Waals surface area contributed by atoms with Gasteiger partial charge in [0.05, 0.1) is 44.8 Å². The van der Waals surface area contributed by atoms with Gasteiger partial charge in [-0.25, -0.2) is 9.67 Å². The first kappa shape index (κ1) is 25.3. The first-order valence-electron chi connectivity index (χ1n) is 13.8. The van der Waals surface area contributed by atoms with Gasteiger partial charge >= 0.3 is 0 Å². The lowest BCUT2D eigenvalue weighted by Crippen LogP contribution is -2.21. The molecule has 0 amide bonds. The van der Waals surface area contributed by atoms with Gasteiger partial charge in [0.15, 0.2) is 17.1 Å². The second-order valence-electron chi connectivity index (χ2n) is 10.3. The van der Waals surface area contributed by atoms with Crippen LogP contribution in [0.2, 0.25) is 0 Å². The number of aromatic nitrogens is 6. The maximum absolute atomic E-state index is 5.52. The van der Waals surface area contributed by atoms with E-state index in [4.69, 9.17) is 29.3 Å². The van der Waals surface area contributed by atoms with E-state index in [1.54, 1.807) is 27.7 Å². The van der Waals surface area contributed by atoms with Crippen LogP contribution in [0.5, 0.6) is 17.2 Å². The molecular formula is C28H36N8O3. The molecule has 4 aromatic rings. The number of hydrogen-bond acceptors (Lipinski definition) is 9. The molecule has 206 valence electrons. The molecule has 0 atom stereocenters. The quantitative estimate of drug-likeness (QED) is 0.320. The highest BCUT2D eigenvalue weighted by molar-refractivity contribution is 5.89. The summed E-state index contributed by atoms with van der Waals surface area (Å²) < 4.78 is 20.5. The minimum atomic E-state index is 0.547. The van der Waals surface area contributed by atoms with Crippen molar-refractivity contribution in [2.24, 2.45) is 5.92 Å². The van der Waals surface area contributed by atoms with Crippen LogP contribution in [0.1, 0.15) is 44.9 Å². The molecule has 1 aliphatic heterocycles. The van der Waals surface area contributed by atoms with E-state index in [1.807, 2.05) is 29.1 Å². The Balaban J connectivity index is 1.33. The van der Waals surface area contributed by atoms with Crippen LogP contribution in [0.3, 0.4) is 0 Å². The lowest BCUT2D eigenvalue weighted by Gasteiger charge is -2.22. The van der Waals surface area contributed by atoms with Crippen LogP contribution in [-0.2, 0) is 6.54 Å². The first-order valence-corrected chi connectivity index (χ1v) is 13.8. The van der Waals surface area contributed by atoms with Gasteiger partial charge in [-0.1, -0.05) is 19.3 Å². The Morgan fingerprint density at radius 2 is 1.67 bits per heavy atom. The summed E-state index contributed by atoms with van der Waals surface area (Å²) in [5.41, 5.74) is 1.71. The predicted octanol–water partition coefficient (Wildman–Crippen LogP) is 4.96. The van der Waals surface area contributed by atoms with Crippen molar-refractivity contribution in [1.82, 2.24) is 29.3 Å². The fraction of sp³-hybridized carbons (Fsp3) is 0.500. The molecule has 1 N–H and O–H groups in total. The SMILES string of the molecule is COc1cc(-n2cnc(Nc3nc(N4CCCC4)nc4c3cnn4CC3CCCCC3)c2)cc(OC)c1OC. The van der Waals surface area contributed by atoms with Crippen LogP contribution < -0.4 is 24.4 Å². The Bertz CT molecular complexity index is 1410. The first-order chi connectivity index (χ1) is 19.2. The monoisotopic (exact) mass is 532 g/mol. The molecule has 6 rings (SSSR count). The van der Waals surface area contributed by atoms with E-state index >= 15 is 0 Å². The fourth-order valence-corrected chi connectivity index (χ4v) is 5.71. The Morgan fingerprint density at radius 3 is 2.36 bits per heavy atom. The zero-order chi connectivity index (χ0) is 26.8. The number of rotatable bonds is 9. The number of imidazole rings is 1. The Hall–Kier alpha value is -4.02. The molecule has 2 aliphatic rings. The van der Waals surface area contributed by atoms with Crippen molar-refractivity contribution in [1.29, 1.82) is 0 Å². The number of anilines is 3. The van der Waals surface area contributed by atoms with Crippen molar-refractivity contribution >= 4 is 28.6 Å². The third-order valence-electron chi connectivity index (χ3n) is 7.81. The summed E-state index contributed by atoms with van der Waals surface area (Å²) in [5.74, 6) is 4.48. The van der Waals surface area contributed by atoms with Crippen LogP contribution in [0.25, 0.3) is 16.7 Å². The molecule has 1 saturated heterocycles. The maximum atomic E-state index is 5.52. The third kappa shape index (κ3) is 5.05. The number of ether oxygens (including phenoxy) is 3. The van der Waals surface area contributed by atoms with E-state index in [2.05, 4.69) is 19.9 Å². The summed E-state index contributed by atoms with van der Waals surface area (Å²) >= 11 is 0. The highest BCUT2D eigenvalue weighted by atomic mass is 16.5. The van der Waals surface area contributed by atoms with Gasteiger partial charge in [0.2, 0.25) is 11.7 Å². The number of nitrogens with zero attached hydrogens (tertiary/aromatic N) is 7. The highest BCUT2D eigenvalue weighted by Crippen LogP contribution is 2.39. The Labute approximate surface area is 228 Å². The summed E-state index contributed by atoms with van der Waals surface area (Å²) in [6.07, 6.45) is 14.3. The van der Waals surface area contributed by atoms with Crippen LogP contribution in [-0.4, -0.2) is 63.7 Å². The molecule has 3 aromatic heterocycles.